The number of nitrogens with one attached hydrogen (secondary N) is 1. The molecule has 1 aliphatic heterocycles. The standard InChI is InChI=1S/C15H29NO3S/c1-5-15(14(17)18,16-11(2)3)8-6-10-20-13-7-9-19-12(13)4/h11-13,16H,5-10H2,1-4H3,(H,17,18). The number of hydrogen-bond donors (Lipinski definition) is 2. The molecule has 1 fully saturated rings. The summed E-state index contributed by atoms with van der Waals surface area (Å²) in [6.45, 7) is 8.93. The van der Waals surface area contributed by atoms with Crippen molar-refractivity contribution in [2.75, 3.05) is 12.4 Å². The number of rotatable bonds is 9. The van der Waals surface area contributed by atoms with Crippen molar-refractivity contribution in [3.05, 3.63) is 0 Å². The van der Waals surface area contributed by atoms with Gasteiger partial charge in [-0.2, -0.15) is 11.8 Å². The van der Waals surface area contributed by atoms with Crippen molar-refractivity contribution in [1.29, 1.82) is 0 Å². The Hall–Kier alpha value is -0.260. The van der Waals surface area contributed by atoms with Crippen molar-refractivity contribution >= 4 is 17.7 Å². The molecule has 1 saturated heterocycles. The van der Waals surface area contributed by atoms with Crippen molar-refractivity contribution in [1.82, 2.24) is 5.32 Å². The maximum absolute atomic E-state index is 11.6. The Morgan fingerprint density at radius 3 is 2.70 bits per heavy atom. The molecule has 20 heavy (non-hydrogen) atoms. The molecule has 3 atom stereocenters. The van der Waals surface area contributed by atoms with Gasteiger partial charge in [0.1, 0.15) is 5.54 Å². The van der Waals surface area contributed by atoms with Crippen LogP contribution in [-0.4, -0.2) is 46.4 Å². The number of carboxylic acid groups (broad SMARTS) is 1. The summed E-state index contributed by atoms with van der Waals surface area (Å²) in [5.41, 5.74) is -0.771. The van der Waals surface area contributed by atoms with Gasteiger partial charge in [-0.25, -0.2) is 0 Å². The van der Waals surface area contributed by atoms with E-state index in [-0.39, 0.29) is 6.04 Å². The predicted molar refractivity (Wildman–Crippen MR) is 84.4 cm³/mol. The smallest absolute Gasteiger partial charge is 0.323 e. The van der Waals surface area contributed by atoms with E-state index in [1.165, 1.54) is 0 Å². The fourth-order valence-corrected chi connectivity index (χ4v) is 3.99. The molecule has 2 N–H and O–H groups in total. The van der Waals surface area contributed by atoms with Gasteiger partial charge in [0, 0.05) is 17.9 Å². The summed E-state index contributed by atoms with van der Waals surface area (Å²) in [5, 5.41) is 13.4. The molecule has 0 spiro atoms. The highest BCUT2D eigenvalue weighted by molar-refractivity contribution is 7.99. The third kappa shape index (κ3) is 4.93. The second kappa shape index (κ2) is 8.25. The molecule has 0 aromatic carbocycles. The lowest BCUT2D eigenvalue weighted by atomic mass is 9.90. The van der Waals surface area contributed by atoms with E-state index in [0.29, 0.717) is 24.2 Å². The number of carboxylic acids is 1. The summed E-state index contributed by atoms with van der Waals surface area (Å²) in [6, 6.07) is 0.182. The number of hydrogen-bond acceptors (Lipinski definition) is 4. The molecule has 0 aliphatic carbocycles. The van der Waals surface area contributed by atoms with Gasteiger partial charge in [0.15, 0.2) is 0 Å². The first-order valence-corrected chi connectivity index (χ1v) is 8.70. The van der Waals surface area contributed by atoms with Gasteiger partial charge in [0.05, 0.1) is 6.10 Å². The Kier molecular flexibility index (Phi) is 7.34. The number of aliphatic carboxylic acids is 1. The molecule has 0 aromatic heterocycles. The van der Waals surface area contributed by atoms with E-state index in [1.807, 2.05) is 32.5 Å². The van der Waals surface area contributed by atoms with E-state index >= 15 is 0 Å². The third-order valence-electron chi connectivity index (χ3n) is 3.96. The molecule has 0 amide bonds. The fourth-order valence-electron chi connectivity index (χ4n) is 2.76. The van der Waals surface area contributed by atoms with E-state index in [4.69, 9.17) is 4.74 Å². The third-order valence-corrected chi connectivity index (χ3v) is 5.54. The highest BCUT2D eigenvalue weighted by Gasteiger charge is 2.36. The summed E-state index contributed by atoms with van der Waals surface area (Å²) in [5.74, 6) is 0.281. The fraction of sp³-hybridized carbons (Fsp3) is 0.933. The Morgan fingerprint density at radius 1 is 1.55 bits per heavy atom. The van der Waals surface area contributed by atoms with Crippen molar-refractivity contribution in [2.24, 2.45) is 0 Å². The zero-order valence-electron chi connectivity index (χ0n) is 13.1. The van der Waals surface area contributed by atoms with Crippen LogP contribution in [0.25, 0.3) is 0 Å². The normalized spacial score (nSPS) is 25.9. The molecule has 1 aliphatic rings. The van der Waals surface area contributed by atoms with Crippen LogP contribution in [0.4, 0.5) is 0 Å². The van der Waals surface area contributed by atoms with Crippen LogP contribution in [0, 0.1) is 0 Å². The summed E-state index contributed by atoms with van der Waals surface area (Å²) < 4.78 is 5.55. The summed E-state index contributed by atoms with van der Waals surface area (Å²) in [4.78, 5) is 11.6. The average Bonchev–Trinajstić information content (AvgIpc) is 2.78. The van der Waals surface area contributed by atoms with Gasteiger partial charge in [0.25, 0.3) is 0 Å². The monoisotopic (exact) mass is 303 g/mol. The molecule has 5 heteroatoms. The molecule has 3 unspecified atom stereocenters. The molecule has 1 rings (SSSR count). The molecule has 4 nitrogen and oxygen atoms in total. The summed E-state index contributed by atoms with van der Waals surface area (Å²) >= 11 is 1.93. The van der Waals surface area contributed by atoms with E-state index in [1.54, 1.807) is 0 Å². The van der Waals surface area contributed by atoms with E-state index in [2.05, 4.69) is 12.2 Å². The lowest BCUT2D eigenvalue weighted by Crippen LogP contribution is -2.54. The molecule has 0 bridgehead atoms. The largest absolute Gasteiger partial charge is 0.480 e. The van der Waals surface area contributed by atoms with Crippen LogP contribution >= 0.6 is 11.8 Å². The minimum atomic E-state index is -0.771. The van der Waals surface area contributed by atoms with Crippen LogP contribution in [0.3, 0.4) is 0 Å². The van der Waals surface area contributed by atoms with Crippen molar-refractivity contribution in [3.63, 3.8) is 0 Å². The van der Waals surface area contributed by atoms with E-state index in [0.717, 1.165) is 25.2 Å². The Bertz CT molecular complexity index is 311. The number of carbonyl (C=O) groups is 1. The zero-order valence-corrected chi connectivity index (χ0v) is 14.0. The quantitative estimate of drug-likeness (QED) is 0.641. The second-order valence-electron chi connectivity index (χ2n) is 5.92. The van der Waals surface area contributed by atoms with Crippen molar-refractivity contribution in [2.45, 2.75) is 76.3 Å². The van der Waals surface area contributed by atoms with Gasteiger partial charge in [-0.15, -0.1) is 0 Å². The van der Waals surface area contributed by atoms with Crippen LogP contribution in [0.15, 0.2) is 0 Å². The van der Waals surface area contributed by atoms with Gasteiger partial charge in [-0.3, -0.25) is 10.1 Å². The summed E-state index contributed by atoms with van der Waals surface area (Å²) in [7, 11) is 0. The van der Waals surface area contributed by atoms with Gasteiger partial charge in [-0.1, -0.05) is 6.92 Å². The zero-order chi connectivity index (χ0) is 15.2. The molecule has 1 heterocycles. The van der Waals surface area contributed by atoms with Gasteiger partial charge in [0.2, 0.25) is 0 Å². The first kappa shape index (κ1) is 17.8. The van der Waals surface area contributed by atoms with Gasteiger partial charge < -0.3 is 9.84 Å². The Morgan fingerprint density at radius 2 is 2.25 bits per heavy atom. The molecular formula is C15H29NO3S. The van der Waals surface area contributed by atoms with Crippen molar-refractivity contribution < 1.29 is 14.6 Å². The van der Waals surface area contributed by atoms with Crippen LogP contribution in [0.1, 0.15) is 53.4 Å². The molecule has 0 saturated carbocycles. The second-order valence-corrected chi connectivity index (χ2v) is 7.26. The summed E-state index contributed by atoms with van der Waals surface area (Å²) in [6.07, 6.45) is 3.69. The maximum Gasteiger partial charge on any atom is 0.323 e. The lowest BCUT2D eigenvalue weighted by Gasteiger charge is -2.32. The lowest BCUT2D eigenvalue weighted by molar-refractivity contribution is -0.145. The number of ether oxygens (including phenoxy) is 1. The predicted octanol–water partition coefficient (Wildman–Crippen LogP) is 2.91. The van der Waals surface area contributed by atoms with Gasteiger partial charge in [-0.05, 0) is 52.2 Å². The first-order chi connectivity index (χ1) is 9.41. The molecule has 118 valence electrons. The Balaban J connectivity index is 2.40. The van der Waals surface area contributed by atoms with Crippen LogP contribution < -0.4 is 5.32 Å². The van der Waals surface area contributed by atoms with Crippen LogP contribution in [0.5, 0.6) is 0 Å². The minimum Gasteiger partial charge on any atom is -0.480 e. The first-order valence-electron chi connectivity index (χ1n) is 7.65. The SMILES string of the molecule is CCC(CCCSC1CCOC1C)(NC(C)C)C(=O)O. The van der Waals surface area contributed by atoms with Crippen molar-refractivity contribution in [3.8, 4) is 0 Å². The number of thioether (sulfide) groups is 1. The highest BCUT2D eigenvalue weighted by Crippen LogP contribution is 2.28. The Labute approximate surface area is 127 Å². The van der Waals surface area contributed by atoms with Gasteiger partial charge >= 0.3 is 5.97 Å². The molecular weight excluding hydrogens is 274 g/mol. The van der Waals surface area contributed by atoms with Crippen LogP contribution in [0.2, 0.25) is 0 Å². The maximum atomic E-state index is 11.6. The van der Waals surface area contributed by atoms with E-state index in [9.17, 15) is 9.90 Å². The highest BCUT2D eigenvalue weighted by atomic mass is 32.2. The van der Waals surface area contributed by atoms with Crippen LogP contribution in [-0.2, 0) is 9.53 Å². The molecule has 0 aromatic rings. The van der Waals surface area contributed by atoms with E-state index < -0.39 is 11.5 Å². The topological polar surface area (TPSA) is 58.6 Å². The minimum absolute atomic E-state index is 0.182. The average molecular weight is 303 g/mol. The molecule has 0 radical (unpaired) electrons.